The van der Waals surface area contributed by atoms with E-state index in [1.54, 1.807) is 6.07 Å². The van der Waals surface area contributed by atoms with Gasteiger partial charge >= 0.3 is 5.97 Å². The lowest BCUT2D eigenvalue weighted by Crippen LogP contribution is -2.45. The van der Waals surface area contributed by atoms with Crippen LogP contribution in [-0.4, -0.2) is 59.8 Å². The summed E-state index contributed by atoms with van der Waals surface area (Å²) in [6, 6.07) is 8.07. The van der Waals surface area contributed by atoms with Crippen LogP contribution < -0.4 is 14.8 Å². The number of benzene rings is 2. The van der Waals surface area contributed by atoms with E-state index in [0.717, 1.165) is 5.39 Å². The number of halogens is 2. The predicted octanol–water partition coefficient (Wildman–Crippen LogP) is 4.58. The third kappa shape index (κ3) is 5.91. The van der Waals surface area contributed by atoms with Gasteiger partial charge in [0.2, 0.25) is 0 Å². The van der Waals surface area contributed by atoms with Crippen molar-refractivity contribution in [1.29, 1.82) is 0 Å². The highest BCUT2D eigenvalue weighted by molar-refractivity contribution is 6.31. The summed E-state index contributed by atoms with van der Waals surface area (Å²) in [7, 11) is 0. The number of hydrogen-bond acceptors (Lipinski definition) is 8. The van der Waals surface area contributed by atoms with Crippen molar-refractivity contribution in [3.05, 3.63) is 47.5 Å². The second-order valence-corrected chi connectivity index (χ2v) is 9.34. The zero-order valence-corrected chi connectivity index (χ0v) is 20.1. The Morgan fingerprint density at radius 2 is 2.03 bits per heavy atom. The Morgan fingerprint density at radius 1 is 1.20 bits per heavy atom. The first kappa shape index (κ1) is 23.6. The van der Waals surface area contributed by atoms with Crippen LogP contribution in [0.4, 0.5) is 15.9 Å². The topological polar surface area (TPSA) is 85.8 Å². The van der Waals surface area contributed by atoms with Crippen LogP contribution >= 0.6 is 11.6 Å². The van der Waals surface area contributed by atoms with E-state index in [9.17, 15) is 9.18 Å². The van der Waals surface area contributed by atoms with Crippen LogP contribution in [0.25, 0.3) is 10.9 Å². The summed E-state index contributed by atoms with van der Waals surface area (Å²) in [5.41, 5.74) is 1.28. The number of anilines is 2. The maximum atomic E-state index is 13.6. The molecule has 2 fully saturated rings. The standard InChI is InChI=1S/C25H26ClFN4O4/c1-15-11-31(12-24(32)35-15)6-7-33-22-9-18-21(10-23(22)34-13-16-2-3-16)28-14-29-25(18)30-17-4-5-20(27)19(26)8-17/h4-5,8-10,14-16H,2-3,6-7,11-13H2,1H3,(H,28,29,30)/t15-/m0/s1. The number of morpholine rings is 1. The Morgan fingerprint density at radius 3 is 2.80 bits per heavy atom. The maximum Gasteiger partial charge on any atom is 0.320 e. The minimum absolute atomic E-state index is 0.0176. The molecule has 1 aromatic heterocycles. The lowest BCUT2D eigenvalue weighted by atomic mass is 10.2. The highest BCUT2D eigenvalue weighted by atomic mass is 35.5. The molecule has 1 saturated carbocycles. The number of rotatable bonds is 9. The molecule has 1 aliphatic carbocycles. The highest BCUT2D eigenvalue weighted by Crippen LogP contribution is 2.37. The molecule has 1 atom stereocenters. The molecule has 0 amide bonds. The molecule has 0 spiro atoms. The average molecular weight is 501 g/mol. The predicted molar refractivity (Wildman–Crippen MR) is 130 cm³/mol. The molecule has 184 valence electrons. The van der Waals surface area contributed by atoms with Gasteiger partial charge in [0.05, 0.1) is 23.7 Å². The van der Waals surface area contributed by atoms with Crippen molar-refractivity contribution in [3.8, 4) is 11.5 Å². The lowest BCUT2D eigenvalue weighted by molar-refractivity contribution is -0.157. The number of carbonyl (C=O) groups excluding carboxylic acids is 1. The molecular formula is C25H26ClFN4O4. The molecule has 0 unspecified atom stereocenters. The minimum Gasteiger partial charge on any atom is -0.489 e. The van der Waals surface area contributed by atoms with Crippen molar-refractivity contribution < 1.29 is 23.4 Å². The molecular weight excluding hydrogens is 475 g/mol. The molecule has 1 aliphatic heterocycles. The molecule has 10 heteroatoms. The zero-order chi connectivity index (χ0) is 24.4. The SMILES string of the molecule is C[C@H]1CN(CCOc2cc3c(Nc4ccc(F)c(Cl)c4)ncnc3cc2OCC2CC2)CC(=O)O1. The minimum atomic E-state index is -0.491. The Bertz CT molecular complexity index is 1240. The van der Waals surface area contributed by atoms with Crippen molar-refractivity contribution in [2.75, 3.05) is 38.2 Å². The molecule has 1 N–H and O–H groups in total. The number of aromatic nitrogens is 2. The van der Waals surface area contributed by atoms with E-state index >= 15 is 0 Å². The Balaban J connectivity index is 1.38. The summed E-state index contributed by atoms with van der Waals surface area (Å²) in [6.45, 7) is 4.36. The second kappa shape index (κ2) is 10.2. The number of cyclic esters (lactones) is 1. The van der Waals surface area contributed by atoms with Crippen LogP contribution in [0.3, 0.4) is 0 Å². The summed E-state index contributed by atoms with van der Waals surface area (Å²) in [5, 5.41) is 3.92. The van der Waals surface area contributed by atoms with E-state index in [-0.39, 0.29) is 23.6 Å². The van der Waals surface area contributed by atoms with E-state index in [1.165, 1.54) is 31.3 Å². The summed E-state index contributed by atoms with van der Waals surface area (Å²) in [6.07, 6.45) is 3.66. The van der Waals surface area contributed by atoms with Gasteiger partial charge in [0.25, 0.3) is 0 Å². The van der Waals surface area contributed by atoms with Gasteiger partial charge in [-0.25, -0.2) is 14.4 Å². The van der Waals surface area contributed by atoms with Gasteiger partial charge < -0.3 is 19.5 Å². The van der Waals surface area contributed by atoms with Crippen LogP contribution in [0, 0.1) is 11.7 Å². The summed E-state index contributed by atoms with van der Waals surface area (Å²) >= 11 is 5.93. The van der Waals surface area contributed by atoms with Crippen molar-refractivity contribution in [1.82, 2.24) is 14.9 Å². The number of esters is 1. The van der Waals surface area contributed by atoms with Gasteiger partial charge in [0.15, 0.2) is 11.5 Å². The monoisotopic (exact) mass is 500 g/mol. The Kier molecular flexibility index (Phi) is 6.88. The number of fused-ring (bicyclic) bond motifs is 1. The van der Waals surface area contributed by atoms with Gasteiger partial charge in [-0.05, 0) is 49.9 Å². The van der Waals surface area contributed by atoms with E-state index < -0.39 is 5.82 Å². The Labute approximate surface area is 207 Å². The van der Waals surface area contributed by atoms with Crippen molar-refractivity contribution in [3.63, 3.8) is 0 Å². The van der Waals surface area contributed by atoms with Crippen molar-refractivity contribution >= 4 is 40.0 Å². The third-order valence-corrected chi connectivity index (χ3v) is 6.21. The van der Waals surface area contributed by atoms with Gasteiger partial charge in [0, 0.05) is 30.2 Å². The van der Waals surface area contributed by atoms with Crippen LogP contribution in [-0.2, 0) is 9.53 Å². The molecule has 2 heterocycles. The first-order valence-electron chi connectivity index (χ1n) is 11.6. The number of carbonyl (C=O) groups is 1. The van der Waals surface area contributed by atoms with Crippen molar-refractivity contribution in [2.24, 2.45) is 5.92 Å². The smallest absolute Gasteiger partial charge is 0.320 e. The van der Waals surface area contributed by atoms with Crippen LogP contribution in [0.1, 0.15) is 19.8 Å². The first-order chi connectivity index (χ1) is 16.9. The van der Waals surface area contributed by atoms with Gasteiger partial charge in [-0.3, -0.25) is 9.69 Å². The molecule has 8 nitrogen and oxygen atoms in total. The number of ether oxygens (including phenoxy) is 3. The largest absolute Gasteiger partial charge is 0.489 e. The fourth-order valence-electron chi connectivity index (χ4n) is 3.96. The quantitative estimate of drug-likeness (QED) is 0.427. The third-order valence-electron chi connectivity index (χ3n) is 5.92. The highest BCUT2D eigenvalue weighted by Gasteiger charge is 2.25. The molecule has 0 radical (unpaired) electrons. The van der Waals surface area contributed by atoms with Gasteiger partial charge in [0.1, 0.15) is 30.7 Å². The van der Waals surface area contributed by atoms with Gasteiger partial charge in [-0.2, -0.15) is 0 Å². The molecule has 0 bridgehead atoms. The average Bonchev–Trinajstić information content (AvgIpc) is 3.64. The molecule has 2 aliphatic rings. The van der Waals surface area contributed by atoms with Crippen LogP contribution in [0.2, 0.25) is 5.02 Å². The number of nitrogens with one attached hydrogen (secondary N) is 1. The molecule has 5 rings (SSSR count). The van der Waals surface area contributed by atoms with E-state index in [4.69, 9.17) is 25.8 Å². The zero-order valence-electron chi connectivity index (χ0n) is 19.3. The van der Waals surface area contributed by atoms with Gasteiger partial charge in [-0.15, -0.1) is 0 Å². The van der Waals surface area contributed by atoms with Crippen molar-refractivity contribution in [2.45, 2.75) is 25.9 Å². The maximum absolute atomic E-state index is 13.6. The number of hydrogen-bond donors (Lipinski definition) is 1. The molecule has 2 aromatic carbocycles. The van der Waals surface area contributed by atoms with E-state index in [2.05, 4.69) is 15.3 Å². The van der Waals surface area contributed by atoms with Gasteiger partial charge in [-0.1, -0.05) is 11.6 Å². The lowest BCUT2D eigenvalue weighted by Gasteiger charge is -2.30. The Hall–Kier alpha value is -3.17. The number of nitrogens with zero attached hydrogens (tertiary/aromatic N) is 3. The summed E-state index contributed by atoms with van der Waals surface area (Å²) < 4.78 is 31.0. The fourth-order valence-corrected chi connectivity index (χ4v) is 4.14. The van der Waals surface area contributed by atoms with Crippen LogP contribution in [0.5, 0.6) is 11.5 Å². The summed E-state index contributed by atoms with van der Waals surface area (Å²) in [4.78, 5) is 22.5. The first-order valence-corrected chi connectivity index (χ1v) is 12.0. The normalized spacial score (nSPS) is 18.4. The summed E-state index contributed by atoms with van der Waals surface area (Å²) in [5.74, 6) is 1.58. The molecule has 1 saturated heterocycles. The fraction of sp³-hybridized carbons (Fsp3) is 0.400. The van der Waals surface area contributed by atoms with E-state index in [0.29, 0.717) is 60.7 Å². The molecule has 3 aromatic rings. The second-order valence-electron chi connectivity index (χ2n) is 8.93. The van der Waals surface area contributed by atoms with E-state index in [1.807, 2.05) is 24.0 Å². The molecule has 35 heavy (non-hydrogen) atoms. The van der Waals surface area contributed by atoms with Crippen LogP contribution in [0.15, 0.2) is 36.7 Å².